The van der Waals surface area contributed by atoms with Gasteiger partial charge >= 0.3 is 11.8 Å². The van der Waals surface area contributed by atoms with Gasteiger partial charge < -0.3 is 15.0 Å². The summed E-state index contributed by atoms with van der Waals surface area (Å²) in [5, 5.41) is 15.8. The van der Waals surface area contributed by atoms with Crippen LogP contribution in [0.3, 0.4) is 0 Å². The number of nitrogens with one attached hydrogen (secondary N) is 1. The summed E-state index contributed by atoms with van der Waals surface area (Å²) in [5.74, 6) is -0.431. The van der Waals surface area contributed by atoms with E-state index in [-0.39, 0.29) is 44.4 Å². The number of hydrogen-bond donors (Lipinski definition) is 1. The van der Waals surface area contributed by atoms with Gasteiger partial charge in [-0.1, -0.05) is 0 Å². The lowest BCUT2D eigenvalue weighted by Gasteiger charge is -2.38. The topological polar surface area (TPSA) is 97.6 Å². The summed E-state index contributed by atoms with van der Waals surface area (Å²) in [6.45, 7) is 5.95. The first kappa shape index (κ1) is 23.7. The van der Waals surface area contributed by atoms with Gasteiger partial charge in [0.05, 0.1) is 21.5 Å². The molecule has 3 fully saturated rings. The van der Waals surface area contributed by atoms with Crippen LogP contribution in [-0.2, 0) is 4.74 Å². The molecule has 1 aromatic carbocycles. The first-order chi connectivity index (χ1) is 14.9. The molecule has 1 saturated carbocycles. The minimum atomic E-state index is -0.609. The van der Waals surface area contributed by atoms with Crippen LogP contribution in [-0.4, -0.2) is 51.4 Å². The van der Waals surface area contributed by atoms with Gasteiger partial charge in [-0.15, -0.1) is 11.8 Å². The number of carbonyl (C=O) groups is 1. The Bertz CT molecular complexity index is 1150. The molecule has 172 valence electrons. The molecule has 3 aliphatic rings. The summed E-state index contributed by atoms with van der Waals surface area (Å²) in [6, 6.07) is 1.35. The lowest BCUT2D eigenvalue weighted by Crippen LogP contribution is -2.50. The predicted molar refractivity (Wildman–Crippen MR) is 133 cm³/mol. The number of halogens is 3. The van der Waals surface area contributed by atoms with Crippen molar-refractivity contribution >= 4 is 78.7 Å². The zero-order valence-corrected chi connectivity index (χ0v) is 22.3. The summed E-state index contributed by atoms with van der Waals surface area (Å²) in [7, 11) is 0. The molecule has 12 heteroatoms. The zero-order chi connectivity index (χ0) is 23.5. The first-order valence-electron chi connectivity index (χ1n) is 9.88. The SMILES string of the molecule is CSc1nc2c(F)c(Br)c(I)cc2c(N[C@H]2[C@@H]3C[C@H]2N(C(=O)OC(C)(C)C)C3)c1[N+](=O)[O-]. The van der Waals surface area contributed by atoms with Crippen molar-refractivity contribution < 1.29 is 18.8 Å². The van der Waals surface area contributed by atoms with Gasteiger partial charge in [-0.25, -0.2) is 14.2 Å². The number of pyridine rings is 1. The van der Waals surface area contributed by atoms with Crippen LogP contribution in [0.2, 0.25) is 0 Å². The molecule has 5 rings (SSSR count). The van der Waals surface area contributed by atoms with Gasteiger partial charge in [-0.2, -0.15) is 0 Å². The molecule has 2 aliphatic heterocycles. The molecule has 8 nitrogen and oxygen atoms in total. The van der Waals surface area contributed by atoms with Crippen LogP contribution in [0, 0.1) is 25.4 Å². The standard InChI is InChI=1S/C20H21BrFIN4O4S/c1-20(2,3)31-19(28)26-7-8-5-11(26)14(8)24-16-9-6-10(23)12(21)13(22)15(9)25-18(32-4)17(16)27(29)30/h6,8,11,14H,5,7H2,1-4H3,(H,24,25)/t8-,11-,14+/m1/s1. The summed E-state index contributed by atoms with van der Waals surface area (Å²) < 4.78 is 21.4. The lowest BCUT2D eigenvalue weighted by atomic mass is 9.79. The quantitative estimate of drug-likeness (QED) is 0.149. The van der Waals surface area contributed by atoms with E-state index in [9.17, 15) is 14.9 Å². The zero-order valence-electron chi connectivity index (χ0n) is 17.7. The number of hydrogen-bond acceptors (Lipinski definition) is 7. The minimum absolute atomic E-state index is 0.0606. The van der Waals surface area contributed by atoms with Crippen molar-refractivity contribution in [3.05, 3.63) is 30.0 Å². The number of carbonyl (C=O) groups excluding carboxylic acids is 1. The van der Waals surface area contributed by atoms with Gasteiger partial charge in [-0.3, -0.25) is 10.1 Å². The van der Waals surface area contributed by atoms with E-state index < -0.39 is 22.4 Å². The predicted octanol–water partition coefficient (Wildman–Crippen LogP) is 5.79. The monoisotopic (exact) mass is 638 g/mol. The summed E-state index contributed by atoms with van der Waals surface area (Å²) in [6.07, 6.45) is 2.07. The second kappa shape index (κ2) is 8.42. The number of thioether (sulfide) groups is 1. The summed E-state index contributed by atoms with van der Waals surface area (Å²) in [4.78, 5) is 30.1. The number of fused-ring (bicyclic) bond motifs is 2. The Balaban J connectivity index is 1.76. The van der Waals surface area contributed by atoms with Crippen molar-refractivity contribution in [3.63, 3.8) is 0 Å². The van der Waals surface area contributed by atoms with Crippen LogP contribution in [0.15, 0.2) is 15.6 Å². The maximum Gasteiger partial charge on any atom is 0.410 e. The second-order valence-corrected chi connectivity index (χ2v) is 11.6. The van der Waals surface area contributed by atoms with E-state index in [4.69, 9.17) is 4.74 Å². The third-order valence-corrected chi connectivity index (χ3v) is 8.71. The first-order valence-corrected chi connectivity index (χ1v) is 13.0. The molecule has 3 atom stereocenters. The van der Waals surface area contributed by atoms with E-state index in [0.29, 0.717) is 15.5 Å². The minimum Gasteiger partial charge on any atom is -0.444 e. The molecule has 1 amide bonds. The van der Waals surface area contributed by atoms with Gasteiger partial charge in [0.25, 0.3) is 0 Å². The molecule has 1 aliphatic carbocycles. The molecule has 3 heterocycles. The fourth-order valence-corrected chi connectivity index (χ4v) is 5.67. The van der Waals surface area contributed by atoms with Crippen LogP contribution in [0.5, 0.6) is 0 Å². The smallest absolute Gasteiger partial charge is 0.410 e. The average Bonchev–Trinajstić information content (AvgIpc) is 3.28. The van der Waals surface area contributed by atoms with Crippen molar-refractivity contribution in [2.45, 2.75) is 49.9 Å². The Morgan fingerprint density at radius 1 is 1.50 bits per heavy atom. The summed E-state index contributed by atoms with van der Waals surface area (Å²) in [5.41, 5.74) is -0.496. The third-order valence-electron chi connectivity index (χ3n) is 5.67. The van der Waals surface area contributed by atoms with Crippen molar-refractivity contribution in [2.24, 2.45) is 5.92 Å². The molecule has 2 saturated heterocycles. The Labute approximate surface area is 210 Å². The van der Waals surface area contributed by atoms with Crippen molar-refractivity contribution in [1.29, 1.82) is 0 Å². The molecule has 2 bridgehead atoms. The highest BCUT2D eigenvalue weighted by Gasteiger charge is 2.55. The van der Waals surface area contributed by atoms with Crippen LogP contribution in [0.25, 0.3) is 10.9 Å². The molecule has 1 aromatic heterocycles. The number of aromatic nitrogens is 1. The van der Waals surface area contributed by atoms with E-state index in [1.54, 1.807) is 17.2 Å². The lowest BCUT2D eigenvalue weighted by molar-refractivity contribution is -0.387. The Morgan fingerprint density at radius 2 is 2.19 bits per heavy atom. The van der Waals surface area contributed by atoms with Gasteiger partial charge in [0.1, 0.15) is 16.8 Å². The molecular formula is C20H21BrFIN4O4S. The fraction of sp³-hybridized carbons (Fsp3) is 0.500. The number of nitrogens with zero attached hydrogens (tertiary/aromatic N) is 3. The molecule has 2 aromatic rings. The van der Waals surface area contributed by atoms with Crippen molar-refractivity contribution in [3.8, 4) is 0 Å². The van der Waals surface area contributed by atoms with Crippen LogP contribution in [0.1, 0.15) is 27.2 Å². The highest BCUT2D eigenvalue weighted by molar-refractivity contribution is 14.1. The number of anilines is 1. The number of amides is 1. The van der Waals surface area contributed by atoms with E-state index >= 15 is 4.39 Å². The number of nitro groups is 1. The van der Waals surface area contributed by atoms with E-state index in [1.807, 2.05) is 43.4 Å². The number of ether oxygens (including phenoxy) is 1. The normalized spacial score (nSPS) is 22.1. The average molecular weight is 639 g/mol. The van der Waals surface area contributed by atoms with Gasteiger partial charge in [0.2, 0.25) is 0 Å². The van der Waals surface area contributed by atoms with E-state index in [0.717, 1.165) is 18.2 Å². The van der Waals surface area contributed by atoms with Crippen molar-refractivity contribution in [1.82, 2.24) is 9.88 Å². The fourth-order valence-electron chi connectivity index (χ4n) is 4.26. The number of benzene rings is 1. The van der Waals surface area contributed by atoms with E-state index in [1.165, 1.54) is 0 Å². The molecular weight excluding hydrogens is 618 g/mol. The van der Waals surface area contributed by atoms with Crippen molar-refractivity contribution in [2.75, 3.05) is 18.1 Å². The maximum atomic E-state index is 15.0. The van der Waals surface area contributed by atoms with Gasteiger partial charge in [-0.05, 0) is 78.0 Å². The van der Waals surface area contributed by atoms with Crippen LogP contribution < -0.4 is 5.32 Å². The highest BCUT2D eigenvalue weighted by Crippen LogP contribution is 2.47. The molecule has 32 heavy (non-hydrogen) atoms. The van der Waals surface area contributed by atoms with Gasteiger partial charge in [0, 0.05) is 21.4 Å². The maximum absolute atomic E-state index is 15.0. The van der Waals surface area contributed by atoms with Crippen LogP contribution >= 0.6 is 50.3 Å². The Morgan fingerprint density at radius 3 is 2.78 bits per heavy atom. The number of rotatable bonds is 4. The van der Waals surface area contributed by atoms with E-state index in [2.05, 4.69) is 26.2 Å². The molecule has 1 N–H and O–H groups in total. The molecule has 0 unspecified atom stereocenters. The van der Waals surface area contributed by atoms with Gasteiger partial charge in [0.15, 0.2) is 10.8 Å². The third kappa shape index (κ3) is 4.02. The molecule has 0 spiro atoms. The van der Waals surface area contributed by atoms with Crippen LogP contribution in [0.4, 0.5) is 20.6 Å². The largest absolute Gasteiger partial charge is 0.444 e. The summed E-state index contributed by atoms with van der Waals surface area (Å²) >= 11 is 6.30. The Kier molecular flexibility index (Phi) is 6.25. The second-order valence-electron chi connectivity index (χ2n) is 8.85. The molecule has 0 radical (unpaired) electrons. The highest BCUT2D eigenvalue weighted by atomic mass is 127. The Hall–Kier alpha value is -1.41.